The molecule has 216 valence electrons. The quantitative estimate of drug-likeness (QED) is 0.126. The monoisotopic (exact) mass is 538 g/mol. The molecule has 0 heterocycles. The minimum Gasteiger partial charge on any atom is -0.493 e. The molecule has 0 unspecified atom stereocenters. The number of carbonyl (C=O) groups is 1. The molecule has 1 aromatic carbocycles. The molecule has 0 radical (unpaired) electrons. The normalized spacial score (nSPS) is 10.9. The van der Waals surface area contributed by atoms with E-state index in [9.17, 15) is 4.79 Å². The Kier molecular flexibility index (Phi) is 25.5. The highest BCUT2D eigenvalue weighted by Gasteiger charge is 2.07. The third kappa shape index (κ3) is 22.4. The van der Waals surface area contributed by atoms with E-state index in [4.69, 9.17) is 4.74 Å². The predicted octanol–water partition coefficient (Wildman–Crippen LogP) is 8.75. The number of amides is 1. The first-order valence-electron chi connectivity index (χ1n) is 15.3. The highest BCUT2D eigenvalue weighted by Crippen LogP contribution is 2.20. The van der Waals surface area contributed by atoms with E-state index < -0.39 is 0 Å². The molecule has 1 aromatic rings. The Morgan fingerprint density at radius 3 is 1.81 bits per heavy atom. The standard InChI is InChI=1S/C32H58N2O2.ClH/c1-4-5-6-7-8-9-10-11-12-13-14-15-16-17-18-21-29-36-31-24-20-19-23-30(31)25-26-32(35)33-27-22-28-34(2)3;/h19-20,23-24H,4-18,21-22,25-29H2,1-3H3,(H,33,35);1H. The zero-order valence-corrected chi connectivity index (χ0v) is 25.4. The number of nitrogens with one attached hydrogen (secondary N) is 1. The molecule has 0 atom stereocenters. The molecule has 1 amide bonds. The van der Waals surface area contributed by atoms with Gasteiger partial charge in [-0.1, -0.05) is 121 Å². The number of halogens is 1. The lowest BCUT2D eigenvalue weighted by Gasteiger charge is -2.12. The lowest BCUT2D eigenvalue weighted by atomic mass is 10.0. The van der Waals surface area contributed by atoms with Crippen LogP contribution in [0.5, 0.6) is 5.75 Å². The average Bonchev–Trinajstić information content (AvgIpc) is 2.87. The molecule has 1 rings (SSSR count). The number of carbonyl (C=O) groups excluding carboxylic acids is 1. The van der Waals surface area contributed by atoms with Crippen LogP contribution in [0, 0.1) is 0 Å². The van der Waals surface area contributed by atoms with Gasteiger partial charge in [-0.2, -0.15) is 0 Å². The molecule has 0 fully saturated rings. The maximum absolute atomic E-state index is 12.1. The summed E-state index contributed by atoms with van der Waals surface area (Å²) in [6, 6.07) is 8.18. The van der Waals surface area contributed by atoms with Crippen molar-refractivity contribution in [2.24, 2.45) is 0 Å². The van der Waals surface area contributed by atoms with E-state index >= 15 is 0 Å². The van der Waals surface area contributed by atoms with Gasteiger partial charge in [-0.3, -0.25) is 4.79 Å². The van der Waals surface area contributed by atoms with Crippen LogP contribution in [0.2, 0.25) is 0 Å². The second kappa shape index (κ2) is 26.4. The number of ether oxygens (including phenoxy) is 1. The summed E-state index contributed by atoms with van der Waals surface area (Å²) in [5.74, 6) is 1.07. The summed E-state index contributed by atoms with van der Waals surface area (Å²) in [5.41, 5.74) is 1.14. The Balaban J connectivity index is 0.0000130. The zero-order valence-electron chi connectivity index (χ0n) is 24.5. The molecule has 0 saturated heterocycles. The summed E-state index contributed by atoms with van der Waals surface area (Å²) in [7, 11) is 4.11. The first-order chi connectivity index (χ1) is 17.6. The molecule has 0 aliphatic heterocycles. The summed E-state index contributed by atoms with van der Waals surface area (Å²) in [4.78, 5) is 14.3. The van der Waals surface area contributed by atoms with Gasteiger partial charge in [-0.15, -0.1) is 12.4 Å². The van der Waals surface area contributed by atoms with Crippen molar-refractivity contribution in [3.8, 4) is 5.75 Å². The predicted molar refractivity (Wildman–Crippen MR) is 163 cm³/mol. The molecule has 0 aliphatic carbocycles. The van der Waals surface area contributed by atoms with Crippen molar-refractivity contribution in [3.05, 3.63) is 29.8 Å². The molecular weight excluding hydrogens is 480 g/mol. The summed E-state index contributed by atoms with van der Waals surface area (Å²) in [6.07, 6.45) is 24.3. The first-order valence-corrected chi connectivity index (χ1v) is 15.3. The van der Waals surface area contributed by atoms with Crippen LogP contribution in [0.4, 0.5) is 0 Å². The smallest absolute Gasteiger partial charge is 0.220 e. The fourth-order valence-electron chi connectivity index (χ4n) is 4.64. The minimum absolute atomic E-state index is 0. The third-order valence-corrected chi connectivity index (χ3v) is 6.95. The number of rotatable bonds is 25. The number of benzene rings is 1. The van der Waals surface area contributed by atoms with Gasteiger partial charge in [-0.05, 0) is 51.5 Å². The van der Waals surface area contributed by atoms with E-state index in [1.165, 1.54) is 96.3 Å². The number of hydrogen-bond donors (Lipinski definition) is 1. The van der Waals surface area contributed by atoms with Crippen LogP contribution in [0.25, 0.3) is 0 Å². The van der Waals surface area contributed by atoms with Crippen molar-refractivity contribution in [3.63, 3.8) is 0 Å². The molecule has 1 N–H and O–H groups in total. The van der Waals surface area contributed by atoms with Crippen molar-refractivity contribution in [1.29, 1.82) is 0 Å². The second-order valence-corrected chi connectivity index (χ2v) is 10.8. The number of nitrogens with zero attached hydrogens (tertiary/aromatic N) is 1. The van der Waals surface area contributed by atoms with Gasteiger partial charge in [0.15, 0.2) is 0 Å². The van der Waals surface area contributed by atoms with Crippen molar-refractivity contribution < 1.29 is 9.53 Å². The van der Waals surface area contributed by atoms with Crippen LogP contribution in [-0.2, 0) is 11.2 Å². The van der Waals surface area contributed by atoms with Crippen LogP contribution < -0.4 is 10.1 Å². The topological polar surface area (TPSA) is 41.6 Å². The molecule has 0 spiro atoms. The zero-order chi connectivity index (χ0) is 26.1. The molecule has 0 bridgehead atoms. The van der Waals surface area contributed by atoms with Crippen LogP contribution in [0.15, 0.2) is 24.3 Å². The van der Waals surface area contributed by atoms with Gasteiger partial charge in [0.1, 0.15) is 5.75 Å². The van der Waals surface area contributed by atoms with E-state index in [1.54, 1.807) is 0 Å². The fourth-order valence-corrected chi connectivity index (χ4v) is 4.64. The first kappa shape index (κ1) is 35.7. The third-order valence-electron chi connectivity index (χ3n) is 6.95. The average molecular weight is 539 g/mol. The minimum atomic E-state index is 0. The molecule has 37 heavy (non-hydrogen) atoms. The SMILES string of the molecule is CCCCCCCCCCCCCCCCCCOc1ccccc1CCC(=O)NCCCN(C)C.Cl. The molecule has 0 saturated carbocycles. The summed E-state index contributed by atoms with van der Waals surface area (Å²) >= 11 is 0. The van der Waals surface area contributed by atoms with Crippen molar-refractivity contribution in [2.45, 2.75) is 129 Å². The molecular formula is C32H59ClN2O2. The summed E-state index contributed by atoms with van der Waals surface area (Å²) in [5, 5.41) is 3.02. The number of unbranched alkanes of at least 4 members (excludes halogenated alkanes) is 15. The Morgan fingerprint density at radius 2 is 1.27 bits per heavy atom. The van der Waals surface area contributed by atoms with Gasteiger partial charge in [0.05, 0.1) is 6.61 Å². The Bertz CT molecular complexity index is 639. The van der Waals surface area contributed by atoms with Crippen molar-refractivity contribution in [2.75, 3.05) is 33.8 Å². The van der Waals surface area contributed by atoms with Crippen LogP contribution >= 0.6 is 12.4 Å². The van der Waals surface area contributed by atoms with Gasteiger partial charge >= 0.3 is 0 Å². The Morgan fingerprint density at radius 1 is 0.757 bits per heavy atom. The van der Waals surface area contributed by atoms with Crippen LogP contribution in [-0.4, -0.2) is 44.6 Å². The van der Waals surface area contributed by atoms with Crippen molar-refractivity contribution >= 4 is 18.3 Å². The molecule has 0 aliphatic rings. The highest BCUT2D eigenvalue weighted by molar-refractivity contribution is 5.85. The lowest BCUT2D eigenvalue weighted by Crippen LogP contribution is -2.27. The van der Waals surface area contributed by atoms with Gasteiger partial charge in [0.2, 0.25) is 5.91 Å². The summed E-state index contributed by atoms with van der Waals surface area (Å²) in [6.45, 7) is 4.80. The van der Waals surface area contributed by atoms with Gasteiger partial charge in [-0.25, -0.2) is 0 Å². The molecule has 4 nitrogen and oxygen atoms in total. The summed E-state index contributed by atoms with van der Waals surface area (Å²) < 4.78 is 6.08. The number of hydrogen-bond acceptors (Lipinski definition) is 3. The molecule has 0 aromatic heterocycles. The van der Waals surface area contributed by atoms with Gasteiger partial charge < -0.3 is 15.0 Å². The maximum Gasteiger partial charge on any atom is 0.220 e. The number of aryl methyl sites for hydroxylation is 1. The maximum atomic E-state index is 12.1. The largest absolute Gasteiger partial charge is 0.493 e. The van der Waals surface area contributed by atoms with E-state index in [2.05, 4.69) is 37.3 Å². The van der Waals surface area contributed by atoms with Crippen LogP contribution in [0.3, 0.4) is 0 Å². The van der Waals surface area contributed by atoms with E-state index in [0.717, 1.165) is 50.3 Å². The Hall–Kier alpha value is -1.26. The van der Waals surface area contributed by atoms with E-state index in [1.807, 2.05) is 18.2 Å². The van der Waals surface area contributed by atoms with Gasteiger partial charge in [0.25, 0.3) is 0 Å². The lowest BCUT2D eigenvalue weighted by molar-refractivity contribution is -0.121. The van der Waals surface area contributed by atoms with Crippen LogP contribution in [0.1, 0.15) is 128 Å². The van der Waals surface area contributed by atoms with Crippen molar-refractivity contribution in [1.82, 2.24) is 10.2 Å². The molecule has 5 heteroatoms. The van der Waals surface area contributed by atoms with E-state index in [-0.39, 0.29) is 18.3 Å². The van der Waals surface area contributed by atoms with Gasteiger partial charge in [0, 0.05) is 13.0 Å². The Labute approximate surface area is 236 Å². The fraction of sp³-hybridized carbons (Fsp3) is 0.781. The highest BCUT2D eigenvalue weighted by atomic mass is 35.5. The second-order valence-electron chi connectivity index (χ2n) is 10.8. The number of para-hydroxylation sites is 1. The van der Waals surface area contributed by atoms with E-state index in [0.29, 0.717) is 6.42 Å².